The van der Waals surface area contributed by atoms with Crippen LogP contribution in [0.5, 0.6) is 0 Å². The Bertz CT molecular complexity index is 438. The van der Waals surface area contributed by atoms with E-state index in [1.54, 1.807) is 0 Å². The first-order chi connectivity index (χ1) is 10.1. The molecule has 0 aromatic heterocycles. The lowest BCUT2D eigenvalue weighted by Crippen LogP contribution is -2.39. The molecule has 2 rings (SSSR count). The number of likely N-dealkylation sites (N-methyl/N-ethyl adjacent to an activating group) is 2. The highest BCUT2D eigenvalue weighted by Crippen LogP contribution is 2.20. The Morgan fingerprint density at radius 2 is 2.29 bits per heavy atom. The van der Waals surface area contributed by atoms with Crippen LogP contribution in [0, 0.1) is 0 Å². The van der Waals surface area contributed by atoms with Crippen molar-refractivity contribution < 1.29 is 0 Å². The number of hydrogen-bond donors (Lipinski definition) is 1. The lowest BCUT2D eigenvalue weighted by molar-refractivity contribution is 0.195. The Morgan fingerprint density at radius 1 is 1.48 bits per heavy atom. The first-order valence-electron chi connectivity index (χ1n) is 8.03. The number of halogens is 1. The minimum absolute atomic E-state index is 0.0667. The van der Waals surface area contributed by atoms with Crippen LogP contribution in [0.2, 0.25) is 5.02 Å². The largest absolute Gasteiger partial charge is 0.324 e. The zero-order chi connectivity index (χ0) is 15.2. The number of nitrogens with two attached hydrogens (primary N) is 1. The van der Waals surface area contributed by atoms with E-state index in [1.807, 2.05) is 18.2 Å². The van der Waals surface area contributed by atoms with Crippen molar-refractivity contribution in [1.29, 1.82) is 0 Å². The monoisotopic (exact) mass is 309 g/mol. The zero-order valence-electron chi connectivity index (χ0n) is 13.3. The third-order valence-corrected chi connectivity index (χ3v) is 4.76. The van der Waals surface area contributed by atoms with Crippen LogP contribution in [0.15, 0.2) is 24.3 Å². The van der Waals surface area contributed by atoms with Gasteiger partial charge in [-0.25, -0.2) is 0 Å². The van der Waals surface area contributed by atoms with Crippen LogP contribution in [0.3, 0.4) is 0 Å². The molecule has 1 fully saturated rings. The van der Waals surface area contributed by atoms with E-state index in [-0.39, 0.29) is 6.04 Å². The Hall–Kier alpha value is -0.610. The molecule has 0 amide bonds. The number of rotatable bonds is 7. The molecule has 3 nitrogen and oxygen atoms in total. The maximum absolute atomic E-state index is 6.28. The summed E-state index contributed by atoms with van der Waals surface area (Å²) in [7, 11) is 2.21. The average molecular weight is 310 g/mol. The molecule has 1 aliphatic heterocycles. The van der Waals surface area contributed by atoms with E-state index in [0.29, 0.717) is 0 Å². The summed E-state index contributed by atoms with van der Waals surface area (Å²) in [6.45, 7) is 6.86. The SMILES string of the molecule is CCN1CCCC1CN(C)CCC(N)c1cccc(Cl)c1. The van der Waals surface area contributed by atoms with Gasteiger partial charge in [-0.2, -0.15) is 0 Å². The fraction of sp³-hybridized carbons (Fsp3) is 0.647. The van der Waals surface area contributed by atoms with Crippen LogP contribution < -0.4 is 5.73 Å². The highest BCUT2D eigenvalue weighted by Gasteiger charge is 2.23. The molecule has 0 radical (unpaired) electrons. The predicted molar refractivity (Wildman–Crippen MR) is 90.8 cm³/mol. The maximum Gasteiger partial charge on any atom is 0.0409 e. The van der Waals surface area contributed by atoms with Crippen molar-refractivity contribution in [3.63, 3.8) is 0 Å². The smallest absolute Gasteiger partial charge is 0.0409 e. The molecule has 1 saturated heterocycles. The van der Waals surface area contributed by atoms with Gasteiger partial charge in [-0.05, 0) is 63.6 Å². The van der Waals surface area contributed by atoms with Crippen LogP contribution in [-0.4, -0.2) is 49.1 Å². The highest BCUT2D eigenvalue weighted by molar-refractivity contribution is 6.30. The van der Waals surface area contributed by atoms with Crippen LogP contribution in [0.1, 0.15) is 37.8 Å². The zero-order valence-corrected chi connectivity index (χ0v) is 14.0. The fourth-order valence-corrected chi connectivity index (χ4v) is 3.43. The molecule has 0 spiro atoms. The Balaban J connectivity index is 1.77. The van der Waals surface area contributed by atoms with Crippen molar-refractivity contribution in [2.24, 2.45) is 5.73 Å². The maximum atomic E-state index is 6.28. The second-order valence-corrected chi connectivity index (χ2v) is 6.57. The van der Waals surface area contributed by atoms with E-state index in [9.17, 15) is 0 Å². The standard InChI is InChI=1S/C17H28ClN3/c1-3-21-10-5-8-16(21)13-20(2)11-9-17(19)14-6-4-7-15(18)12-14/h4,6-7,12,16-17H,3,5,8-11,13,19H2,1-2H3. The summed E-state index contributed by atoms with van der Waals surface area (Å²) >= 11 is 6.03. The van der Waals surface area contributed by atoms with E-state index >= 15 is 0 Å². The summed E-state index contributed by atoms with van der Waals surface area (Å²) in [5, 5.41) is 0.765. The molecule has 4 heteroatoms. The van der Waals surface area contributed by atoms with Gasteiger partial charge in [0.2, 0.25) is 0 Å². The summed E-state index contributed by atoms with van der Waals surface area (Å²) in [5.41, 5.74) is 7.41. The van der Waals surface area contributed by atoms with Gasteiger partial charge in [0.25, 0.3) is 0 Å². The normalized spacial score (nSPS) is 21.1. The lowest BCUT2D eigenvalue weighted by atomic mass is 10.0. The average Bonchev–Trinajstić information content (AvgIpc) is 2.92. The molecule has 2 N–H and O–H groups in total. The fourth-order valence-electron chi connectivity index (χ4n) is 3.23. The summed E-state index contributed by atoms with van der Waals surface area (Å²) < 4.78 is 0. The van der Waals surface area contributed by atoms with Crippen molar-refractivity contribution >= 4 is 11.6 Å². The number of hydrogen-bond acceptors (Lipinski definition) is 3. The Morgan fingerprint density at radius 3 is 3.00 bits per heavy atom. The van der Waals surface area contributed by atoms with Crippen LogP contribution in [-0.2, 0) is 0 Å². The minimum Gasteiger partial charge on any atom is -0.324 e. The van der Waals surface area contributed by atoms with Gasteiger partial charge in [0.1, 0.15) is 0 Å². The third kappa shape index (κ3) is 4.96. The molecule has 1 aromatic carbocycles. The number of likely N-dealkylation sites (tertiary alicyclic amines) is 1. The van der Waals surface area contributed by atoms with Gasteiger partial charge in [0.05, 0.1) is 0 Å². The topological polar surface area (TPSA) is 32.5 Å². The number of benzene rings is 1. The summed E-state index contributed by atoms with van der Waals surface area (Å²) in [6, 6.07) is 8.69. The lowest BCUT2D eigenvalue weighted by Gasteiger charge is -2.28. The van der Waals surface area contributed by atoms with Gasteiger partial charge in [-0.15, -0.1) is 0 Å². The summed E-state index contributed by atoms with van der Waals surface area (Å²) in [5.74, 6) is 0. The van der Waals surface area contributed by atoms with Gasteiger partial charge < -0.3 is 10.6 Å². The number of nitrogens with zero attached hydrogens (tertiary/aromatic N) is 2. The van der Waals surface area contributed by atoms with Crippen molar-refractivity contribution in [2.75, 3.05) is 33.2 Å². The summed E-state index contributed by atoms with van der Waals surface area (Å²) in [6.07, 6.45) is 3.64. The van der Waals surface area contributed by atoms with Crippen molar-refractivity contribution in [3.8, 4) is 0 Å². The molecule has 118 valence electrons. The Kier molecular flexibility index (Phi) is 6.49. The van der Waals surface area contributed by atoms with E-state index in [4.69, 9.17) is 17.3 Å². The molecular formula is C17H28ClN3. The van der Waals surface area contributed by atoms with E-state index in [0.717, 1.165) is 36.1 Å². The van der Waals surface area contributed by atoms with Crippen LogP contribution >= 0.6 is 11.6 Å². The second kappa shape index (κ2) is 8.14. The van der Waals surface area contributed by atoms with Gasteiger partial charge in [-0.3, -0.25) is 4.90 Å². The second-order valence-electron chi connectivity index (χ2n) is 6.14. The molecule has 0 bridgehead atoms. The van der Waals surface area contributed by atoms with Gasteiger partial charge in [0, 0.05) is 23.7 Å². The van der Waals surface area contributed by atoms with Crippen molar-refractivity contribution in [1.82, 2.24) is 9.80 Å². The van der Waals surface area contributed by atoms with Gasteiger partial charge in [-0.1, -0.05) is 30.7 Å². The van der Waals surface area contributed by atoms with E-state index in [2.05, 4.69) is 29.8 Å². The molecular weight excluding hydrogens is 282 g/mol. The molecule has 1 heterocycles. The first-order valence-corrected chi connectivity index (χ1v) is 8.41. The summed E-state index contributed by atoms with van der Waals surface area (Å²) in [4.78, 5) is 5.01. The molecule has 2 unspecified atom stereocenters. The minimum atomic E-state index is 0.0667. The Labute approximate surface area is 134 Å². The van der Waals surface area contributed by atoms with E-state index in [1.165, 1.54) is 25.9 Å². The third-order valence-electron chi connectivity index (χ3n) is 4.53. The van der Waals surface area contributed by atoms with Gasteiger partial charge >= 0.3 is 0 Å². The molecule has 0 saturated carbocycles. The van der Waals surface area contributed by atoms with Crippen LogP contribution in [0.4, 0.5) is 0 Å². The molecule has 0 aliphatic carbocycles. The van der Waals surface area contributed by atoms with Crippen molar-refractivity contribution in [3.05, 3.63) is 34.9 Å². The molecule has 21 heavy (non-hydrogen) atoms. The quantitative estimate of drug-likeness (QED) is 0.840. The molecule has 1 aliphatic rings. The van der Waals surface area contributed by atoms with Crippen LogP contribution in [0.25, 0.3) is 0 Å². The predicted octanol–water partition coefficient (Wildman–Crippen LogP) is 3.15. The molecule has 1 aromatic rings. The highest BCUT2D eigenvalue weighted by atomic mass is 35.5. The molecule has 2 atom stereocenters. The van der Waals surface area contributed by atoms with E-state index < -0.39 is 0 Å². The first kappa shape index (κ1) is 16.8. The van der Waals surface area contributed by atoms with Crippen molar-refractivity contribution in [2.45, 2.75) is 38.3 Å². The van der Waals surface area contributed by atoms with Gasteiger partial charge in [0.15, 0.2) is 0 Å².